The molecule has 0 saturated heterocycles. The molecule has 0 saturated carbocycles. The van der Waals surface area contributed by atoms with Crippen LogP contribution < -0.4 is 5.19 Å². The van der Waals surface area contributed by atoms with E-state index in [4.69, 9.17) is 9.90 Å². The van der Waals surface area contributed by atoms with Crippen LogP contribution >= 0.6 is 0 Å². The maximum Gasteiger partial charge on any atom is 0.136 e. The molecule has 0 aliphatic rings. The first-order valence-electron chi connectivity index (χ1n) is 15.2. The number of benzene rings is 3. The second-order valence-electron chi connectivity index (χ2n) is 11.1. The molecule has 0 amide bonds. The van der Waals surface area contributed by atoms with Crippen molar-refractivity contribution in [2.75, 3.05) is 0 Å². The van der Waals surface area contributed by atoms with Gasteiger partial charge in [-0.1, -0.05) is 75.1 Å². The minimum atomic E-state index is -2.08. The van der Waals surface area contributed by atoms with Crippen LogP contribution in [0.3, 0.4) is 0 Å². The van der Waals surface area contributed by atoms with Gasteiger partial charge in [-0.25, -0.2) is 8.78 Å². The largest absolute Gasteiger partial charge is 0.500 e. The van der Waals surface area contributed by atoms with Crippen molar-refractivity contribution in [1.29, 1.82) is 0 Å². The van der Waals surface area contributed by atoms with Crippen molar-refractivity contribution >= 4 is 35.2 Å². The van der Waals surface area contributed by atoms with Gasteiger partial charge in [-0.05, 0) is 28.5 Å². The number of aromatic nitrogens is 2. The molecule has 0 unspecified atom stereocenters. The van der Waals surface area contributed by atoms with Crippen molar-refractivity contribution in [3.8, 4) is 22.5 Å². The summed E-state index contributed by atoms with van der Waals surface area (Å²) in [4.78, 5) is 8.81. The van der Waals surface area contributed by atoms with Gasteiger partial charge in [0.1, 0.15) is 17.2 Å². The molecule has 0 N–H and O–H groups in total. The fraction of sp³-hybridized carbons (Fsp3) is 0.200. The van der Waals surface area contributed by atoms with Gasteiger partial charge >= 0.3 is 0 Å². The van der Waals surface area contributed by atoms with Crippen LogP contribution in [0.1, 0.15) is 36.4 Å². The molecular formula is C35H32F2IrN2OSi-2. The smallest absolute Gasteiger partial charge is 0.136 e. The van der Waals surface area contributed by atoms with E-state index in [0.29, 0.717) is 27.8 Å². The Morgan fingerprint density at radius 1 is 0.952 bits per heavy atom. The minimum Gasteiger partial charge on any atom is -0.500 e. The predicted molar refractivity (Wildman–Crippen MR) is 166 cm³/mol. The Labute approximate surface area is 266 Å². The molecule has 0 fully saturated rings. The van der Waals surface area contributed by atoms with Crippen LogP contribution in [-0.4, -0.2) is 18.0 Å². The number of hydrogen-bond acceptors (Lipinski definition) is 3. The van der Waals surface area contributed by atoms with Crippen LogP contribution in [-0.2, 0) is 20.1 Å². The van der Waals surface area contributed by atoms with Gasteiger partial charge in [-0.2, -0.15) is 0 Å². The summed E-state index contributed by atoms with van der Waals surface area (Å²) in [5.74, 6) is -2.14. The summed E-state index contributed by atoms with van der Waals surface area (Å²) in [6, 6.07) is 24.0. The molecule has 0 aliphatic carbocycles. The standard InChI is InChI=1S/C20H14F2NO.C15H18NSi.Ir/c1-11(2)12-6-7-23-17(8-12)14-4-3-5-15-19-16(22)9-13(21)10-18(19)24-20(14)15;1-12-5-7-13(8-6-12)15-10-9-14(11-16-15)17(2,3)4;/h3,5-11H,1-2H3;5-7,9-11H,1-4H3;/q2*-1;/i11D;1D3;. The first kappa shape index (κ1) is 26.1. The third-order valence-electron chi connectivity index (χ3n) is 6.76. The van der Waals surface area contributed by atoms with Crippen molar-refractivity contribution in [2.45, 2.75) is 46.2 Å². The average molecular weight is 759 g/mol. The Morgan fingerprint density at radius 2 is 1.76 bits per heavy atom. The summed E-state index contributed by atoms with van der Waals surface area (Å²) >= 11 is 0. The van der Waals surface area contributed by atoms with E-state index in [1.54, 1.807) is 56.4 Å². The molecule has 3 aromatic carbocycles. The molecule has 1 radical (unpaired) electrons. The zero-order valence-electron chi connectivity index (χ0n) is 27.9. The number of aryl methyl sites for hydroxylation is 1. The molecule has 42 heavy (non-hydrogen) atoms. The van der Waals surface area contributed by atoms with E-state index in [9.17, 15) is 8.78 Å². The normalized spacial score (nSPS) is 13.3. The van der Waals surface area contributed by atoms with Crippen molar-refractivity contribution < 1.29 is 38.8 Å². The van der Waals surface area contributed by atoms with E-state index in [2.05, 4.69) is 47.8 Å². The first-order chi connectivity index (χ1) is 21.0. The van der Waals surface area contributed by atoms with Gasteiger partial charge in [0.15, 0.2) is 0 Å². The Kier molecular flexibility index (Phi) is 7.95. The molecule has 0 aliphatic heterocycles. The first-order valence-corrected chi connectivity index (χ1v) is 16.7. The van der Waals surface area contributed by atoms with Crippen LogP contribution in [0.15, 0.2) is 83.5 Å². The monoisotopic (exact) mass is 759 g/mol. The van der Waals surface area contributed by atoms with Gasteiger partial charge in [0, 0.05) is 55.5 Å². The van der Waals surface area contributed by atoms with Crippen LogP contribution in [0.2, 0.25) is 19.6 Å². The predicted octanol–water partition coefficient (Wildman–Crippen LogP) is 9.25. The molecular weight excluding hydrogens is 723 g/mol. The summed E-state index contributed by atoms with van der Waals surface area (Å²) < 4.78 is 63.7. The number of rotatable bonds is 4. The molecule has 3 heterocycles. The second kappa shape index (κ2) is 12.8. The van der Waals surface area contributed by atoms with Gasteiger partial charge in [-0.3, -0.25) is 0 Å². The molecule has 6 aromatic rings. The molecule has 217 valence electrons. The van der Waals surface area contributed by atoms with Gasteiger partial charge < -0.3 is 14.4 Å². The SMILES string of the molecule is [2H]C(C)(C)c1ccnc(-c2[c-]ccc3c2oc2cc(F)cc(F)c23)c1.[2H]C([2H])([2H])c1c[c-]c(-c2ccc([Si](C)(C)C)cn2)cc1.[Ir]. The maximum absolute atomic E-state index is 14.2. The summed E-state index contributed by atoms with van der Waals surface area (Å²) in [5, 5.41) is 2.09. The van der Waals surface area contributed by atoms with Gasteiger partial charge in [0.25, 0.3) is 0 Å². The summed E-state index contributed by atoms with van der Waals surface area (Å²) in [7, 11) is -1.34. The molecule has 0 atom stereocenters. The Morgan fingerprint density at radius 3 is 2.40 bits per heavy atom. The molecule has 3 nitrogen and oxygen atoms in total. The third kappa shape index (κ3) is 6.75. The Balaban J connectivity index is 0.000000210. The van der Waals surface area contributed by atoms with Crippen LogP contribution in [0.25, 0.3) is 44.5 Å². The van der Waals surface area contributed by atoms with E-state index in [1.807, 2.05) is 12.3 Å². The van der Waals surface area contributed by atoms with E-state index in [-0.39, 0.29) is 31.1 Å². The fourth-order valence-electron chi connectivity index (χ4n) is 4.44. The Bertz CT molecular complexity index is 1930. The third-order valence-corrected chi connectivity index (χ3v) is 8.79. The quantitative estimate of drug-likeness (QED) is 0.133. The van der Waals surface area contributed by atoms with Gasteiger partial charge in [0.05, 0.1) is 13.7 Å². The number of furan rings is 1. The average Bonchev–Trinajstić information content (AvgIpc) is 3.35. The van der Waals surface area contributed by atoms with E-state index >= 15 is 0 Å². The number of hydrogen-bond donors (Lipinski definition) is 0. The summed E-state index contributed by atoms with van der Waals surface area (Å²) in [5.41, 5.74) is 4.41. The van der Waals surface area contributed by atoms with E-state index < -0.39 is 32.5 Å². The fourth-order valence-corrected chi connectivity index (χ4v) is 5.47. The minimum absolute atomic E-state index is 0. The van der Waals surface area contributed by atoms with Crippen molar-refractivity contribution in [2.24, 2.45) is 0 Å². The van der Waals surface area contributed by atoms with E-state index in [1.165, 1.54) is 17.3 Å². The molecule has 0 bridgehead atoms. The number of nitrogens with zero attached hydrogens (tertiary/aromatic N) is 2. The Hall–Kier alpha value is -3.51. The van der Waals surface area contributed by atoms with Crippen LogP contribution in [0.4, 0.5) is 8.78 Å². The summed E-state index contributed by atoms with van der Waals surface area (Å²) in [6.45, 7) is 8.33. The van der Waals surface area contributed by atoms with Gasteiger partial charge in [-0.15, -0.1) is 53.6 Å². The number of fused-ring (bicyclic) bond motifs is 3. The van der Waals surface area contributed by atoms with Crippen molar-refractivity contribution in [3.63, 3.8) is 0 Å². The number of halogens is 2. The van der Waals surface area contributed by atoms with Crippen molar-refractivity contribution in [1.82, 2.24) is 9.97 Å². The summed E-state index contributed by atoms with van der Waals surface area (Å²) in [6.07, 6.45) is 3.55. The molecule has 7 heteroatoms. The molecule has 6 rings (SSSR count). The van der Waals surface area contributed by atoms with Gasteiger partial charge in [0.2, 0.25) is 0 Å². The topological polar surface area (TPSA) is 38.9 Å². The van der Waals surface area contributed by atoms with E-state index in [0.717, 1.165) is 22.9 Å². The zero-order chi connectivity index (χ0) is 32.7. The maximum atomic E-state index is 14.2. The van der Waals surface area contributed by atoms with Crippen LogP contribution in [0.5, 0.6) is 0 Å². The zero-order valence-corrected chi connectivity index (χ0v) is 27.3. The molecule has 0 spiro atoms. The van der Waals surface area contributed by atoms with Crippen LogP contribution in [0, 0.1) is 30.6 Å². The number of pyridine rings is 2. The molecule has 3 aromatic heterocycles. The van der Waals surface area contributed by atoms with Crippen molar-refractivity contribution in [3.05, 3.63) is 114 Å². The second-order valence-corrected chi connectivity index (χ2v) is 16.1.